The van der Waals surface area contributed by atoms with Crippen molar-refractivity contribution in [1.82, 2.24) is 10.2 Å². The monoisotopic (exact) mass is 474 g/mol. The molecule has 2 aromatic carbocycles. The summed E-state index contributed by atoms with van der Waals surface area (Å²) in [7, 11) is 0. The Morgan fingerprint density at radius 3 is 2.53 bits per heavy atom. The third-order valence-electron chi connectivity index (χ3n) is 5.05. The normalized spacial score (nSPS) is 13.0. The van der Waals surface area contributed by atoms with Gasteiger partial charge in [-0.25, -0.2) is 0 Å². The van der Waals surface area contributed by atoms with Crippen molar-refractivity contribution in [3.05, 3.63) is 58.1 Å². The maximum atomic E-state index is 13.1. The molecule has 1 heterocycles. The van der Waals surface area contributed by atoms with Gasteiger partial charge in [0.1, 0.15) is 6.04 Å². The van der Waals surface area contributed by atoms with Crippen LogP contribution in [0.2, 0.25) is 0 Å². The Labute approximate surface area is 185 Å². The fourth-order valence-electron chi connectivity index (χ4n) is 3.26. The Morgan fingerprint density at radius 1 is 1.10 bits per heavy atom. The van der Waals surface area contributed by atoms with Crippen LogP contribution in [0, 0.1) is 0 Å². The van der Waals surface area contributed by atoms with Crippen molar-refractivity contribution in [3.8, 4) is 11.5 Å². The molecule has 1 aliphatic heterocycles. The topological polar surface area (TPSA) is 67.9 Å². The number of fused-ring (bicyclic) bond motifs is 1. The second-order valence-electron chi connectivity index (χ2n) is 7.30. The SMILES string of the molecule is CCCNC(=O)C(C)N(Cc1ccc(Br)cc1)C(=O)CCc1ccc2c(c1)OCO2. The van der Waals surface area contributed by atoms with Gasteiger partial charge in [-0.05, 0) is 55.2 Å². The maximum Gasteiger partial charge on any atom is 0.242 e. The van der Waals surface area contributed by atoms with E-state index in [-0.39, 0.29) is 18.6 Å². The third-order valence-corrected chi connectivity index (χ3v) is 5.58. The fourth-order valence-corrected chi connectivity index (χ4v) is 3.52. The van der Waals surface area contributed by atoms with Crippen LogP contribution in [0.5, 0.6) is 11.5 Å². The van der Waals surface area contributed by atoms with E-state index in [0.29, 0.717) is 31.7 Å². The van der Waals surface area contributed by atoms with Gasteiger partial charge in [-0.1, -0.05) is 41.1 Å². The number of ether oxygens (including phenoxy) is 2. The van der Waals surface area contributed by atoms with Crippen molar-refractivity contribution in [2.24, 2.45) is 0 Å². The van der Waals surface area contributed by atoms with E-state index in [1.165, 1.54) is 0 Å². The van der Waals surface area contributed by atoms with Crippen LogP contribution in [-0.4, -0.2) is 36.1 Å². The molecule has 1 atom stereocenters. The minimum absolute atomic E-state index is 0.0604. The van der Waals surface area contributed by atoms with E-state index in [0.717, 1.165) is 27.8 Å². The molecule has 7 heteroatoms. The van der Waals surface area contributed by atoms with Gasteiger partial charge in [0, 0.05) is 24.0 Å². The molecule has 30 heavy (non-hydrogen) atoms. The molecular weight excluding hydrogens is 448 g/mol. The van der Waals surface area contributed by atoms with Crippen LogP contribution in [-0.2, 0) is 22.6 Å². The number of nitrogens with zero attached hydrogens (tertiary/aromatic N) is 1. The number of hydrogen-bond acceptors (Lipinski definition) is 4. The van der Waals surface area contributed by atoms with Gasteiger partial charge in [0.25, 0.3) is 0 Å². The van der Waals surface area contributed by atoms with Crippen molar-refractivity contribution in [2.45, 2.75) is 45.7 Å². The summed E-state index contributed by atoms with van der Waals surface area (Å²) in [6, 6.07) is 13.0. The van der Waals surface area contributed by atoms with Gasteiger partial charge in [0.05, 0.1) is 0 Å². The molecule has 160 valence electrons. The molecule has 0 radical (unpaired) electrons. The van der Waals surface area contributed by atoms with E-state index in [4.69, 9.17) is 9.47 Å². The number of carbonyl (C=O) groups is 2. The first-order valence-electron chi connectivity index (χ1n) is 10.2. The molecule has 1 N–H and O–H groups in total. The first kappa shape index (κ1) is 22.2. The van der Waals surface area contributed by atoms with Crippen LogP contribution in [0.4, 0.5) is 0 Å². The largest absolute Gasteiger partial charge is 0.454 e. The summed E-state index contributed by atoms with van der Waals surface area (Å²) in [6.07, 6.45) is 1.72. The Kier molecular flexibility index (Phi) is 7.74. The molecule has 0 aromatic heterocycles. The number of halogens is 1. The molecule has 0 saturated carbocycles. The van der Waals surface area contributed by atoms with Gasteiger partial charge in [-0.2, -0.15) is 0 Å². The predicted octanol–water partition coefficient (Wildman–Crippen LogP) is 4.05. The lowest BCUT2D eigenvalue weighted by molar-refractivity contribution is -0.140. The lowest BCUT2D eigenvalue weighted by atomic mass is 10.1. The molecule has 2 aromatic rings. The smallest absolute Gasteiger partial charge is 0.242 e. The van der Waals surface area contributed by atoms with E-state index in [9.17, 15) is 9.59 Å². The molecule has 3 rings (SSSR count). The number of aryl methyl sites for hydroxylation is 1. The zero-order chi connectivity index (χ0) is 21.5. The van der Waals surface area contributed by atoms with E-state index in [2.05, 4.69) is 21.2 Å². The van der Waals surface area contributed by atoms with Crippen LogP contribution >= 0.6 is 15.9 Å². The second-order valence-corrected chi connectivity index (χ2v) is 8.22. The van der Waals surface area contributed by atoms with Crippen LogP contribution in [0.3, 0.4) is 0 Å². The van der Waals surface area contributed by atoms with Crippen molar-refractivity contribution in [1.29, 1.82) is 0 Å². The van der Waals surface area contributed by atoms with Crippen LogP contribution in [0.25, 0.3) is 0 Å². The lowest BCUT2D eigenvalue weighted by Gasteiger charge is -2.29. The highest BCUT2D eigenvalue weighted by Crippen LogP contribution is 2.32. The van der Waals surface area contributed by atoms with Gasteiger partial charge in [-0.3, -0.25) is 9.59 Å². The van der Waals surface area contributed by atoms with Gasteiger partial charge < -0.3 is 19.7 Å². The van der Waals surface area contributed by atoms with E-state index in [1.807, 2.05) is 49.4 Å². The molecule has 6 nitrogen and oxygen atoms in total. The summed E-state index contributed by atoms with van der Waals surface area (Å²) < 4.78 is 11.7. The van der Waals surface area contributed by atoms with Crippen LogP contribution in [0.1, 0.15) is 37.8 Å². The minimum atomic E-state index is -0.551. The highest BCUT2D eigenvalue weighted by Gasteiger charge is 2.26. The Morgan fingerprint density at radius 2 is 1.80 bits per heavy atom. The number of benzene rings is 2. The first-order chi connectivity index (χ1) is 14.5. The van der Waals surface area contributed by atoms with Gasteiger partial charge in [0.2, 0.25) is 18.6 Å². The van der Waals surface area contributed by atoms with Gasteiger partial charge >= 0.3 is 0 Å². The average molecular weight is 475 g/mol. The van der Waals surface area contributed by atoms with Crippen LogP contribution < -0.4 is 14.8 Å². The molecule has 2 amide bonds. The first-order valence-corrected chi connectivity index (χ1v) is 11.0. The van der Waals surface area contributed by atoms with E-state index >= 15 is 0 Å². The Bertz CT molecular complexity index is 885. The van der Waals surface area contributed by atoms with Crippen molar-refractivity contribution >= 4 is 27.7 Å². The molecule has 0 fully saturated rings. The van der Waals surface area contributed by atoms with Gasteiger partial charge in [0.15, 0.2) is 11.5 Å². The summed E-state index contributed by atoms with van der Waals surface area (Å²) in [4.78, 5) is 27.3. The summed E-state index contributed by atoms with van der Waals surface area (Å²) in [6.45, 7) is 4.99. The molecule has 1 unspecified atom stereocenters. The Balaban J connectivity index is 1.69. The predicted molar refractivity (Wildman–Crippen MR) is 118 cm³/mol. The molecule has 0 aliphatic carbocycles. The third kappa shape index (κ3) is 5.75. The zero-order valence-electron chi connectivity index (χ0n) is 17.3. The second kappa shape index (κ2) is 10.5. The minimum Gasteiger partial charge on any atom is -0.454 e. The molecule has 0 saturated heterocycles. The summed E-state index contributed by atoms with van der Waals surface area (Å²) in [5, 5.41) is 2.89. The number of nitrogens with one attached hydrogen (secondary N) is 1. The number of amides is 2. The summed E-state index contributed by atoms with van der Waals surface area (Å²) in [5.41, 5.74) is 1.98. The van der Waals surface area contributed by atoms with Crippen LogP contribution in [0.15, 0.2) is 46.9 Å². The summed E-state index contributed by atoms with van der Waals surface area (Å²) >= 11 is 3.43. The summed E-state index contributed by atoms with van der Waals surface area (Å²) in [5.74, 6) is 1.24. The number of rotatable bonds is 9. The maximum absolute atomic E-state index is 13.1. The van der Waals surface area contributed by atoms with Crippen molar-refractivity contribution < 1.29 is 19.1 Å². The zero-order valence-corrected chi connectivity index (χ0v) is 18.9. The Hall–Kier alpha value is -2.54. The molecule has 1 aliphatic rings. The van der Waals surface area contributed by atoms with E-state index in [1.54, 1.807) is 11.8 Å². The average Bonchev–Trinajstić information content (AvgIpc) is 3.22. The molecule has 0 spiro atoms. The lowest BCUT2D eigenvalue weighted by Crippen LogP contribution is -2.47. The fraction of sp³-hybridized carbons (Fsp3) is 0.391. The standard InChI is InChI=1S/C23H27BrN2O4/c1-3-12-25-23(28)16(2)26(14-18-4-8-19(24)9-5-18)22(27)11-7-17-6-10-20-21(13-17)30-15-29-20/h4-6,8-10,13,16H,3,7,11-12,14-15H2,1-2H3,(H,25,28). The van der Waals surface area contributed by atoms with E-state index < -0.39 is 6.04 Å². The number of carbonyl (C=O) groups excluding carboxylic acids is 2. The van der Waals surface area contributed by atoms with Crippen molar-refractivity contribution in [2.75, 3.05) is 13.3 Å². The highest BCUT2D eigenvalue weighted by atomic mass is 79.9. The quantitative estimate of drug-likeness (QED) is 0.594. The highest BCUT2D eigenvalue weighted by molar-refractivity contribution is 9.10. The molecular formula is C23H27BrN2O4. The van der Waals surface area contributed by atoms with Gasteiger partial charge in [-0.15, -0.1) is 0 Å². The van der Waals surface area contributed by atoms with Crippen molar-refractivity contribution in [3.63, 3.8) is 0 Å². The number of hydrogen-bond donors (Lipinski definition) is 1. The molecule has 0 bridgehead atoms.